The van der Waals surface area contributed by atoms with Gasteiger partial charge in [-0.2, -0.15) is 0 Å². The molecule has 82 valence electrons. The first kappa shape index (κ1) is 10.7. The molecule has 16 heavy (non-hydrogen) atoms. The quantitative estimate of drug-likeness (QED) is 0.784. The van der Waals surface area contributed by atoms with Gasteiger partial charge in [-0.1, -0.05) is 18.2 Å². The number of para-hydroxylation sites is 1. The number of hydrogen-bond acceptors (Lipinski definition) is 3. The highest BCUT2D eigenvalue weighted by atomic mass is 35.5. The maximum absolute atomic E-state index is 11.2. The minimum absolute atomic E-state index is 0.0706. The minimum atomic E-state index is -1.07. The van der Waals surface area contributed by atoms with Crippen molar-refractivity contribution in [2.45, 2.75) is 5.88 Å². The number of carboxylic acids is 1. The van der Waals surface area contributed by atoms with Crippen LogP contribution in [0, 0.1) is 0 Å². The zero-order valence-corrected chi connectivity index (χ0v) is 9.03. The summed E-state index contributed by atoms with van der Waals surface area (Å²) in [5.41, 5.74) is 6.93. The van der Waals surface area contributed by atoms with E-state index in [1.54, 1.807) is 24.3 Å². The zero-order valence-electron chi connectivity index (χ0n) is 8.27. The summed E-state index contributed by atoms with van der Waals surface area (Å²) in [6.45, 7) is 0. The first-order valence-corrected chi connectivity index (χ1v) is 5.15. The molecule has 0 aliphatic rings. The second-order valence-corrected chi connectivity index (χ2v) is 3.57. The molecule has 0 unspecified atom stereocenters. The Morgan fingerprint density at radius 2 is 2.12 bits per heavy atom. The van der Waals surface area contributed by atoms with Crippen LogP contribution in [0.15, 0.2) is 24.3 Å². The number of rotatable bonds is 2. The first-order valence-electron chi connectivity index (χ1n) is 4.61. The summed E-state index contributed by atoms with van der Waals surface area (Å²) >= 11 is 5.67. The maximum Gasteiger partial charge on any atom is 0.338 e. The molecular weight excluding hydrogens is 228 g/mol. The lowest BCUT2D eigenvalue weighted by atomic mass is 10.1. The summed E-state index contributed by atoms with van der Waals surface area (Å²) in [6, 6.07) is 6.95. The number of anilines is 1. The second-order valence-electron chi connectivity index (χ2n) is 3.30. The van der Waals surface area contributed by atoms with E-state index < -0.39 is 5.97 Å². The van der Waals surface area contributed by atoms with Gasteiger partial charge in [0.1, 0.15) is 0 Å². The Hall–Kier alpha value is -1.81. The van der Waals surface area contributed by atoms with Crippen molar-refractivity contribution >= 4 is 34.2 Å². The van der Waals surface area contributed by atoms with E-state index in [1.807, 2.05) is 0 Å². The molecule has 0 atom stereocenters. The van der Waals surface area contributed by atoms with Gasteiger partial charge in [-0.15, -0.1) is 11.6 Å². The van der Waals surface area contributed by atoms with Gasteiger partial charge in [0.05, 0.1) is 28.3 Å². The van der Waals surface area contributed by atoms with Gasteiger partial charge in [-0.3, -0.25) is 0 Å². The van der Waals surface area contributed by atoms with Gasteiger partial charge < -0.3 is 10.8 Å². The minimum Gasteiger partial charge on any atom is -0.478 e. The third kappa shape index (κ3) is 1.57. The molecule has 0 saturated heterocycles. The topological polar surface area (TPSA) is 76.2 Å². The van der Waals surface area contributed by atoms with E-state index in [-0.39, 0.29) is 17.1 Å². The van der Waals surface area contributed by atoms with Crippen LogP contribution in [0.25, 0.3) is 10.9 Å². The van der Waals surface area contributed by atoms with Crippen molar-refractivity contribution in [2.24, 2.45) is 0 Å². The van der Waals surface area contributed by atoms with Crippen molar-refractivity contribution in [3.8, 4) is 0 Å². The molecule has 0 radical (unpaired) electrons. The van der Waals surface area contributed by atoms with Gasteiger partial charge in [0.25, 0.3) is 0 Å². The molecule has 0 saturated carbocycles. The van der Waals surface area contributed by atoms with E-state index >= 15 is 0 Å². The van der Waals surface area contributed by atoms with E-state index in [9.17, 15) is 4.79 Å². The fourth-order valence-electron chi connectivity index (χ4n) is 1.61. The Labute approximate surface area is 96.7 Å². The van der Waals surface area contributed by atoms with Crippen LogP contribution in [0.2, 0.25) is 0 Å². The van der Waals surface area contributed by atoms with Gasteiger partial charge in [0.2, 0.25) is 0 Å². The number of nitrogens with zero attached hydrogens (tertiary/aromatic N) is 1. The third-order valence-corrected chi connectivity index (χ3v) is 2.60. The van der Waals surface area contributed by atoms with Crippen molar-refractivity contribution in [3.05, 3.63) is 35.5 Å². The lowest BCUT2D eigenvalue weighted by Crippen LogP contribution is -2.08. The predicted molar refractivity (Wildman–Crippen MR) is 62.7 cm³/mol. The van der Waals surface area contributed by atoms with Gasteiger partial charge >= 0.3 is 5.97 Å². The number of benzene rings is 1. The van der Waals surface area contributed by atoms with Crippen molar-refractivity contribution in [1.82, 2.24) is 4.98 Å². The molecule has 0 aliphatic carbocycles. The van der Waals surface area contributed by atoms with Crippen LogP contribution in [0.5, 0.6) is 0 Å². The van der Waals surface area contributed by atoms with E-state index in [0.717, 1.165) is 0 Å². The predicted octanol–water partition coefficient (Wildman–Crippen LogP) is 2.25. The lowest BCUT2D eigenvalue weighted by molar-refractivity contribution is 0.0700. The Morgan fingerprint density at radius 1 is 1.44 bits per heavy atom. The van der Waals surface area contributed by atoms with Crippen molar-refractivity contribution in [2.75, 3.05) is 5.73 Å². The Balaban J connectivity index is 2.91. The SMILES string of the molecule is Nc1c(CCl)nc2ccccc2c1C(=O)O. The van der Waals surface area contributed by atoms with Crippen molar-refractivity contribution in [3.63, 3.8) is 0 Å². The molecule has 0 amide bonds. The van der Waals surface area contributed by atoms with Crippen LogP contribution in [0.3, 0.4) is 0 Å². The van der Waals surface area contributed by atoms with Gasteiger partial charge in [-0.25, -0.2) is 9.78 Å². The smallest absolute Gasteiger partial charge is 0.338 e. The average molecular weight is 237 g/mol. The summed E-state index contributed by atoms with van der Waals surface area (Å²) in [4.78, 5) is 15.4. The van der Waals surface area contributed by atoms with Crippen LogP contribution in [0.1, 0.15) is 16.1 Å². The van der Waals surface area contributed by atoms with E-state index in [0.29, 0.717) is 16.6 Å². The highest BCUT2D eigenvalue weighted by Crippen LogP contribution is 2.26. The number of aromatic carboxylic acids is 1. The Kier molecular flexibility index (Phi) is 2.66. The van der Waals surface area contributed by atoms with E-state index in [4.69, 9.17) is 22.4 Å². The largest absolute Gasteiger partial charge is 0.478 e. The highest BCUT2D eigenvalue weighted by Gasteiger charge is 2.16. The van der Waals surface area contributed by atoms with Gasteiger partial charge in [0, 0.05) is 5.39 Å². The molecule has 3 N–H and O–H groups in total. The lowest BCUT2D eigenvalue weighted by Gasteiger charge is -2.09. The fraction of sp³-hybridized carbons (Fsp3) is 0.0909. The van der Waals surface area contributed by atoms with Gasteiger partial charge in [0.15, 0.2) is 0 Å². The zero-order chi connectivity index (χ0) is 11.7. The molecule has 1 aromatic carbocycles. The fourth-order valence-corrected chi connectivity index (χ4v) is 1.81. The number of fused-ring (bicyclic) bond motifs is 1. The molecule has 0 bridgehead atoms. The molecule has 4 nitrogen and oxygen atoms in total. The van der Waals surface area contributed by atoms with E-state index in [2.05, 4.69) is 4.98 Å². The van der Waals surface area contributed by atoms with Crippen molar-refractivity contribution < 1.29 is 9.90 Å². The van der Waals surface area contributed by atoms with Gasteiger partial charge in [-0.05, 0) is 6.07 Å². The molecule has 2 rings (SSSR count). The molecule has 0 spiro atoms. The molecule has 2 aromatic rings. The molecule has 0 aliphatic heterocycles. The molecule has 5 heteroatoms. The first-order chi connectivity index (χ1) is 7.65. The van der Waals surface area contributed by atoms with Crippen LogP contribution < -0.4 is 5.73 Å². The number of alkyl halides is 1. The van der Waals surface area contributed by atoms with Crippen LogP contribution in [0.4, 0.5) is 5.69 Å². The number of carbonyl (C=O) groups is 1. The molecule has 0 fully saturated rings. The van der Waals surface area contributed by atoms with E-state index in [1.165, 1.54) is 0 Å². The normalized spacial score (nSPS) is 10.6. The number of nitrogens with two attached hydrogens (primary N) is 1. The van der Waals surface area contributed by atoms with Crippen molar-refractivity contribution in [1.29, 1.82) is 0 Å². The van der Waals surface area contributed by atoms with Crippen LogP contribution >= 0.6 is 11.6 Å². The Bertz CT molecular complexity index is 569. The number of nitrogen functional groups attached to an aromatic ring is 1. The van der Waals surface area contributed by atoms with Crippen LogP contribution in [-0.4, -0.2) is 16.1 Å². The summed E-state index contributed by atoms with van der Waals surface area (Å²) < 4.78 is 0. The summed E-state index contributed by atoms with van der Waals surface area (Å²) in [6.07, 6.45) is 0. The summed E-state index contributed by atoms with van der Waals surface area (Å²) in [5, 5.41) is 9.66. The third-order valence-electron chi connectivity index (χ3n) is 2.35. The van der Waals surface area contributed by atoms with Crippen LogP contribution in [-0.2, 0) is 5.88 Å². The molecular formula is C11H9ClN2O2. The summed E-state index contributed by atoms with van der Waals surface area (Å²) in [5.74, 6) is -0.973. The molecule has 1 aromatic heterocycles. The monoisotopic (exact) mass is 236 g/mol. The molecule has 1 heterocycles. The number of carboxylic acid groups (broad SMARTS) is 1. The Morgan fingerprint density at radius 3 is 2.75 bits per heavy atom. The second kappa shape index (κ2) is 3.98. The number of pyridine rings is 1. The average Bonchev–Trinajstić information content (AvgIpc) is 2.27. The maximum atomic E-state index is 11.2. The summed E-state index contributed by atoms with van der Waals surface area (Å²) in [7, 11) is 0. The highest BCUT2D eigenvalue weighted by molar-refractivity contribution is 6.18. The number of hydrogen-bond donors (Lipinski definition) is 2. The standard InChI is InChI=1S/C11H9ClN2O2/c12-5-8-10(13)9(11(15)16)6-3-1-2-4-7(6)14-8/h1-4H,5,13H2,(H,15,16). The number of halogens is 1. The number of aromatic nitrogens is 1.